The Labute approximate surface area is 152 Å². The molecule has 3 rings (SSSR count). The summed E-state index contributed by atoms with van der Waals surface area (Å²) in [5.41, 5.74) is 1.17. The van der Waals surface area contributed by atoms with Crippen LogP contribution in [0.2, 0.25) is 0 Å². The van der Waals surface area contributed by atoms with Gasteiger partial charge in [0.25, 0.3) is 5.91 Å². The molecule has 2 aromatic carbocycles. The summed E-state index contributed by atoms with van der Waals surface area (Å²) in [5.74, 6) is -1.51. The van der Waals surface area contributed by atoms with Gasteiger partial charge in [0.2, 0.25) is 0 Å². The number of aliphatic carboxylic acids is 1. The molecular formula is C19H15BrN2O3. The Balaban J connectivity index is 1.86. The number of carboxylic acids is 1. The zero-order chi connectivity index (χ0) is 17.8. The highest BCUT2D eigenvalue weighted by Gasteiger charge is 2.23. The van der Waals surface area contributed by atoms with Crippen molar-refractivity contribution in [2.45, 2.75) is 12.5 Å². The summed E-state index contributed by atoms with van der Waals surface area (Å²) in [6.45, 7) is 0. The monoisotopic (exact) mass is 398 g/mol. The standard InChI is InChI=1S/C19H15BrN2O3/c20-17-13(7-4-10-21-17)11-16(19(24)25)22-18(23)15-9-3-6-12-5-1-2-8-14(12)15/h1-10,16H,11H2,(H,22,23)(H,24,25)/t16-/m0/s1. The molecule has 25 heavy (non-hydrogen) atoms. The van der Waals surface area contributed by atoms with Crippen molar-refractivity contribution >= 4 is 38.6 Å². The number of benzene rings is 2. The molecule has 0 aliphatic rings. The molecule has 0 spiro atoms. The van der Waals surface area contributed by atoms with Gasteiger partial charge in [0.1, 0.15) is 10.6 Å². The fourth-order valence-corrected chi connectivity index (χ4v) is 3.06. The van der Waals surface area contributed by atoms with E-state index in [1.807, 2.05) is 30.3 Å². The molecule has 126 valence electrons. The summed E-state index contributed by atoms with van der Waals surface area (Å²) in [6, 6.07) is 15.3. The van der Waals surface area contributed by atoms with Crippen molar-refractivity contribution in [3.05, 3.63) is 76.5 Å². The topological polar surface area (TPSA) is 79.3 Å². The van der Waals surface area contributed by atoms with Crippen molar-refractivity contribution in [3.8, 4) is 0 Å². The third kappa shape index (κ3) is 3.85. The van der Waals surface area contributed by atoms with Crippen LogP contribution in [0.3, 0.4) is 0 Å². The van der Waals surface area contributed by atoms with Gasteiger partial charge in [-0.25, -0.2) is 9.78 Å². The molecule has 1 heterocycles. The number of fused-ring (bicyclic) bond motifs is 1. The Hall–Kier alpha value is -2.73. The third-order valence-corrected chi connectivity index (χ3v) is 4.61. The van der Waals surface area contributed by atoms with Crippen LogP contribution in [0.1, 0.15) is 15.9 Å². The number of aromatic nitrogens is 1. The molecule has 0 fully saturated rings. The van der Waals surface area contributed by atoms with Crippen molar-refractivity contribution in [1.29, 1.82) is 0 Å². The minimum Gasteiger partial charge on any atom is -0.480 e. The Morgan fingerprint density at radius 1 is 1.08 bits per heavy atom. The van der Waals surface area contributed by atoms with Gasteiger partial charge < -0.3 is 10.4 Å². The highest BCUT2D eigenvalue weighted by molar-refractivity contribution is 9.10. The molecular weight excluding hydrogens is 384 g/mol. The number of rotatable bonds is 5. The Morgan fingerprint density at radius 2 is 1.84 bits per heavy atom. The lowest BCUT2D eigenvalue weighted by Crippen LogP contribution is -2.42. The second kappa shape index (κ2) is 7.44. The molecule has 1 aromatic heterocycles. The van der Waals surface area contributed by atoms with Crippen molar-refractivity contribution < 1.29 is 14.7 Å². The van der Waals surface area contributed by atoms with Gasteiger partial charge >= 0.3 is 5.97 Å². The number of amides is 1. The number of hydrogen-bond donors (Lipinski definition) is 2. The van der Waals surface area contributed by atoms with Gasteiger partial charge in [-0.3, -0.25) is 4.79 Å². The number of carbonyl (C=O) groups excluding carboxylic acids is 1. The SMILES string of the molecule is O=C(N[C@@H](Cc1cccnc1Br)C(=O)O)c1cccc2ccccc12. The fourth-order valence-electron chi connectivity index (χ4n) is 2.65. The van der Waals surface area contributed by atoms with Crippen LogP contribution in [0, 0.1) is 0 Å². The van der Waals surface area contributed by atoms with Crippen LogP contribution in [0.25, 0.3) is 10.8 Å². The Morgan fingerprint density at radius 3 is 2.60 bits per heavy atom. The van der Waals surface area contributed by atoms with E-state index in [2.05, 4.69) is 26.2 Å². The summed E-state index contributed by atoms with van der Waals surface area (Å²) in [5, 5.41) is 13.8. The lowest BCUT2D eigenvalue weighted by atomic mass is 10.0. The quantitative estimate of drug-likeness (QED) is 0.645. The van der Waals surface area contributed by atoms with Gasteiger partial charge in [-0.1, -0.05) is 42.5 Å². The van der Waals surface area contributed by atoms with Crippen LogP contribution < -0.4 is 5.32 Å². The molecule has 0 aliphatic heterocycles. The predicted octanol–water partition coefficient (Wildman–Crippen LogP) is 3.42. The third-order valence-electron chi connectivity index (χ3n) is 3.90. The second-order valence-electron chi connectivity index (χ2n) is 5.55. The summed E-state index contributed by atoms with van der Waals surface area (Å²) in [6.07, 6.45) is 1.75. The number of pyridine rings is 1. The minimum absolute atomic E-state index is 0.139. The average Bonchev–Trinajstić information content (AvgIpc) is 2.62. The van der Waals surface area contributed by atoms with Crippen molar-refractivity contribution in [3.63, 3.8) is 0 Å². The van der Waals surface area contributed by atoms with Gasteiger partial charge in [-0.05, 0) is 44.4 Å². The molecule has 2 N–H and O–H groups in total. The maximum absolute atomic E-state index is 12.6. The van der Waals surface area contributed by atoms with Crippen molar-refractivity contribution in [2.24, 2.45) is 0 Å². The fraction of sp³-hybridized carbons (Fsp3) is 0.105. The number of nitrogens with one attached hydrogen (secondary N) is 1. The van der Waals surface area contributed by atoms with Gasteiger partial charge in [0, 0.05) is 18.2 Å². The molecule has 6 heteroatoms. The number of nitrogens with zero attached hydrogens (tertiary/aromatic N) is 1. The number of hydrogen-bond acceptors (Lipinski definition) is 3. The van der Waals surface area contributed by atoms with Gasteiger partial charge in [-0.2, -0.15) is 0 Å². The Bertz CT molecular complexity index is 937. The summed E-state index contributed by atoms with van der Waals surface area (Å²) >= 11 is 3.30. The summed E-state index contributed by atoms with van der Waals surface area (Å²) in [4.78, 5) is 28.3. The lowest BCUT2D eigenvalue weighted by molar-refractivity contribution is -0.139. The zero-order valence-electron chi connectivity index (χ0n) is 13.1. The molecule has 1 amide bonds. The molecule has 0 radical (unpaired) electrons. The number of halogens is 1. The first-order valence-corrected chi connectivity index (χ1v) is 8.46. The predicted molar refractivity (Wildman–Crippen MR) is 98.5 cm³/mol. The number of carbonyl (C=O) groups is 2. The molecule has 0 saturated heterocycles. The van der Waals surface area contributed by atoms with E-state index in [1.165, 1.54) is 0 Å². The molecule has 0 aliphatic carbocycles. The van der Waals surface area contributed by atoms with E-state index in [4.69, 9.17) is 0 Å². The van der Waals surface area contributed by atoms with E-state index >= 15 is 0 Å². The van der Waals surface area contributed by atoms with Crippen LogP contribution in [-0.2, 0) is 11.2 Å². The summed E-state index contributed by atoms with van der Waals surface area (Å²) in [7, 11) is 0. The van der Waals surface area contributed by atoms with Crippen molar-refractivity contribution in [1.82, 2.24) is 10.3 Å². The van der Waals surface area contributed by atoms with Gasteiger partial charge in [0.05, 0.1) is 0 Å². The van der Waals surface area contributed by atoms with Crippen LogP contribution in [-0.4, -0.2) is 28.0 Å². The average molecular weight is 399 g/mol. The van der Waals surface area contributed by atoms with E-state index in [0.29, 0.717) is 15.7 Å². The van der Waals surface area contributed by atoms with Crippen LogP contribution in [0.15, 0.2) is 65.4 Å². The smallest absolute Gasteiger partial charge is 0.326 e. The number of carboxylic acid groups (broad SMARTS) is 1. The first-order valence-electron chi connectivity index (χ1n) is 7.67. The van der Waals surface area contributed by atoms with Gasteiger partial charge in [-0.15, -0.1) is 0 Å². The van der Waals surface area contributed by atoms with Crippen LogP contribution >= 0.6 is 15.9 Å². The second-order valence-corrected chi connectivity index (χ2v) is 6.30. The van der Waals surface area contributed by atoms with E-state index in [-0.39, 0.29) is 6.42 Å². The van der Waals surface area contributed by atoms with Gasteiger partial charge in [0.15, 0.2) is 0 Å². The normalized spacial score (nSPS) is 11.9. The van der Waals surface area contributed by atoms with E-state index in [0.717, 1.165) is 10.8 Å². The lowest BCUT2D eigenvalue weighted by Gasteiger charge is -2.16. The Kier molecular flexibility index (Phi) is 5.09. The minimum atomic E-state index is -1.09. The first kappa shape index (κ1) is 17.1. The van der Waals surface area contributed by atoms with Crippen LogP contribution in [0.4, 0.5) is 0 Å². The molecule has 3 aromatic rings. The highest BCUT2D eigenvalue weighted by Crippen LogP contribution is 2.19. The summed E-state index contributed by atoms with van der Waals surface area (Å²) < 4.78 is 0.570. The molecule has 0 bridgehead atoms. The molecule has 0 unspecified atom stereocenters. The molecule has 1 atom stereocenters. The zero-order valence-corrected chi connectivity index (χ0v) is 14.7. The largest absolute Gasteiger partial charge is 0.480 e. The van der Waals surface area contributed by atoms with E-state index in [9.17, 15) is 14.7 Å². The van der Waals surface area contributed by atoms with Crippen LogP contribution in [0.5, 0.6) is 0 Å². The van der Waals surface area contributed by atoms with E-state index in [1.54, 1.807) is 30.5 Å². The maximum atomic E-state index is 12.6. The van der Waals surface area contributed by atoms with Crippen molar-refractivity contribution in [2.75, 3.05) is 0 Å². The molecule has 0 saturated carbocycles. The molecule has 5 nitrogen and oxygen atoms in total. The maximum Gasteiger partial charge on any atom is 0.326 e. The highest BCUT2D eigenvalue weighted by atomic mass is 79.9. The first-order chi connectivity index (χ1) is 12.1. The van der Waals surface area contributed by atoms with E-state index < -0.39 is 17.9 Å².